The molecule has 2 aromatic carbocycles. The van der Waals surface area contributed by atoms with Gasteiger partial charge in [-0.25, -0.2) is 14.0 Å². The van der Waals surface area contributed by atoms with Crippen LogP contribution >= 0.6 is 0 Å². The molecular formula is C17H12FN3O4. The molecule has 0 saturated heterocycles. The van der Waals surface area contributed by atoms with Gasteiger partial charge in [0.25, 0.3) is 0 Å². The molecule has 0 fully saturated rings. The standard InChI is InChI=1S/C17H12FN3O4/c18-10-3-1-9(2-4-10)15(22)8-14(16(23)24)19-11-5-6-12-13(7-11)21-17(25)20-12/h1-8,19H,(H,23,24)(H2,20,21,25). The third-order valence-electron chi connectivity index (χ3n) is 3.43. The van der Waals surface area contributed by atoms with E-state index < -0.39 is 17.6 Å². The predicted molar refractivity (Wildman–Crippen MR) is 89.0 cm³/mol. The monoisotopic (exact) mass is 341 g/mol. The molecule has 0 aliphatic rings. The lowest BCUT2D eigenvalue weighted by Gasteiger charge is -2.07. The van der Waals surface area contributed by atoms with Crippen LogP contribution in [0.4, 0.5) is 10.1 Å². The molecule has 0 bridgehead atoms. The van der Waals surface area contributed by atoms with E-state index in [1.54, 1.807) is 12.1 Å². The van der Waals surface area contributed by atoms with E-state index in [-0.39, 0.29) is 17.0 Å². The van der Waals surface area contributed by atoms with Crippen molar-refractivity contribution in [1.29, 1.82) is 0 Å². The molecule has 7 nitrogen and oxygen atoms in total. The molecule has 1 heterocycles. The first kappa shape index (κ1) is 16.2. The summed E-state index contributed by atoms with van der Waals surface area (Å²) in [6, 6.07) is 9.46. The maximum absolute atomic E-state index is 12.9. The van der Waals surface area contributed by atoms with Gasteiger partial charge in [-0.2, -0.15) is 0 Å². The SMILES string of the molecule is O=C(O)C(=CC(=O)c1ccc(F)cc1)Nc1ccc2[nH]c(=O)[nH]c2c1. The van der Waals surface area contributed by atoms with Gasteiger partial charge in [-0.05, 0) is 42.5 Å². The Balaban J connectivity index is 1.89. The molecule has 0 amide bonds. The molecule has 126 valence electrons. The summed E-state index contributed by atoms with van der Waals surface area (Å²) < 4.78 is 12.9. The second kappa shape index (κ2) is 6.44. The first-order valence-corrected chi connectivity index (χ1v) is 7.16. The highest BCUT2D eigenvalue weighted by molar-refractivity contribution is 6.09. The number of allylic oxidation sites excluding steroid dienone is 1. The molecule has 0 atom stereocenters. The van der Waals surface area contributed by atoms with Crippen LogP contribution in [0.3, 0.4) is 0 Å². The highest BCUT2D eigenvalue weighted by atomic mass is 19.1. The number of aromatic amines is 2. The highest BCUT2D eigenvalue weighted by Crippen LogP contribution is 2.17. The van der Waals surface area contributed by atoms with E-state index in [1.165, 1.54) is 18.2 Å². The summed E-state index contributed by atoms with van der Waals surface area (Å²) in [4.78, 5) is 39.9. The maximum Gasteiger partial charge on any atom is 0.352 e. The zero-order chi connectivity index (χ0) is 18.0. The minimum Gasteiger partial charge on any atom is -0.477 e. The van der Waals surface area contributed by atoms with Gasteiger partial charge in [0.05, 0.1) is 11.0 Å². The number of anilines is 1. The number of H-pyrrole nitrogens is 2. The van der Waals surface area contributed by atoms with Gasteiger partial charge >= 0.3 is 11.7 Å². The quantitative estimate of drug-likeness (QED) is 0.420. The number of hydrogen-bond acceptors (Lipinski definition) is 4. The van der Waals surface area contributed by atoms with Crippen LogP contribution in [-0.4, -0.2) is 26.8 Å². The second-order valence-electron chi connectivity index (χ2n) is 5.20. The molecule has 0 aliphatic heterocycles. The van der Waals surface area contributed by atoms with Crippen molar-refractivity contribution in [1.82, 2.24) is 9.97 Å². The third kappa shape index (κ3) is 3.63. The summed E-state index contributed by atoms with van der Waals surface area (Å²) in [5.41, 5.74) is 0.860. The van der Waals surface area contributed by atoms with E-state index in [9.17, 15) is 23.9 Å². The normalized spacial score (nSPS) is 11.5. The summed E-state index contributed by atoms with van der Waals surface area (Å²) in [6.07, 6.45) is 0.916. The van der Waals surface area contributed by atoms with Gasteiger partial charge in [0, 0.05) is 17.3 Å². The Bertz CT molecular complexity index is 1050. The zero-order valence-electron chi connectivity index (χ0n) is 12.7. The number of nitrogens with one attached hydrogen (secondary N) is 3. The van der Waals surface area contributed by atoms with Crippen molar-refractivity contribution in [2.24, 2.45) is 0 Å². The van der Waals surface area contributed by atoms with Crippen LogP contribution in [0.2, 0.25) is 0 Å². The van der Waals surface area contributed by atoms with Gasteiger partial charge in [-0.1, -0.05) is 0 Å². The van der Waals surface area contributed by atoms with Crippen molar-refractivity contribution in [3.05, 3.63) is 76.1 Å². The lowest BCUT2D eigenvalue weighted by molar-refractivity contribution is -0.132. The van der Waals surface area contributed by atoms with Crippen molar-refractivity contribution < 1.29 is 19.1 Å². The van der Waals surface area contributed by atoms with Crippen molar-refractivity contribution in [2.75, 3.05) is 5.32 Å². The molecule has 0 saturated carbocycles. The Labute approximate surface area is 139 Å². The topological polar surface area (TPSA) is 115 Å². The number of hydrogen-bond donors (Lipinski definition) is 4. The number of aromatic nitrogens is 2. The van der Waals surface area contributed by atoms with Gasteiger partial charge in [-0.15, -0.1) is 0 Å². The maximum atomic E-state index is 12.9. The van der Waals surface area contributed by atoms with Gasteiger partial charge in [0.15, 0.2) is 5.78 Å². The highest BCUT2D eigenvalue weighted by Gasteiger charge is 2.12. The number of carbonyl (C=O) groups excluding carboxylic acids is 1. The van der Waals surface area contributed by atoms with Crippen LogP contribution in [0, 0.1) is 5.82 Å². The number of carboxylic acid groups (broad SMARTS) is 1. The predicted octanol–water partition coefficient (Wildman–Crippen LogP) is 2.26. The van der Waals surface area contributed by atoms with Crippen molar-refractivity contribution in [2.45, 2.75) is 0 Å². The van der Waals surface area contributed by atoms with E-state index in [4.69, 9.17) is 0 Å². The number of halogens is 1. The first-order chi connectivity index (χ1) is 11.9. The Morgan fingerprint density at radius 1 is 1.04 bits per heavy atom. The Morgan fingerprint density at radius 3 is 2.40 bits per heavy atom. The Hall–Kier alpha value is -3.68. The molecule has 1 aromatic heterocycles. The number of imidazole rings is 1. The molecule has 3 rings (SSSR count). The molecule has 25 heavy (non-hydrogen) atoms. The van der Waals surface area contributed by atoms with E-state index in [0.29, 0.717) is 16.7 Å². The minimum atomic E-state index is -1.34. The number of carbonyl (C=O) groups is 2. The molecular weight excluding hydrogens is 329 g/mol. The van der Waals surface area contributed by atoms with Crippen molar-refractivity contribution in [3.63, 3.8) is 0 Å². The van der Waals surface area contributed by atoms with Gasteiger partial charge in [-0.3, -0.25) is 4.79 Å². The van der Waals surface area contributed by atoms with Crippen LogP contribution in [0.1, 0.15) is 10.4 Å². The summed E-state index contributed by atoms with van der Waals surface area (Å²) in [5, 5.41) is 11.9. The van der Waals surface area contributed by atoms with Crippen LogP contribution in [0.5, 0.6) is 0 Å². The minimum absolute atomic E-state index is 0.160. The molecule has 3 aromatic rings. The lowest BCUT2D eigenvalue weighted by Crippen LogP contribution is -2.13. The summed E-state index contributed by atoms with van der Waals surface area (Å²) in [7, 11) is 0. The molecule has 8 heteroatoms. The Kier molecular flexibility index (Phi) is 4.17. The van der Waals surface area contributed by atoms with Crippen LogP contribution in [-0.2, 0) is 4.79 Å². The number of aliphatic carboxylic acids is 1. The molecule has 0 unspecified atom stereocenters. The van der Waals surface area contributed by atoms with Crippen LogP contribution < -0.4 is 11.0 Å². The fourth-order valence-electron chi connectivity index (χ4n) is 2.25. The molecule has 0 radical (unpaired) electrons. The fraction of sp³-hybridized carbons (Fsp3) is 0. The fourth-order valence-corrected chi connectivity index (χ4v) is 2.25. The Morgan fingerprint density at radius 2 is 1.72 bits per heavy atom. The average Bonchev–Trinajstić information content (AvgIpc) is 2.94. The smallest absolute Gasteiger partial charge is 0.352 e. The largest absolute Gasteiger partial charge is 0.477 e. The van der Waals surface area contributed by atoms with E-state index in [2.05, 4.69) is 15.3 Å². The number of rotatable bonds is 5. The summed E-state index contributed by atoms with van der Waals surface area (Å²) in [5.74, 6) is -2.41. The number of ketones is 1. The number of benzene rings is 2. The summed E-state index contributed by atoms with van der Waals surface area (Å²) >= 11 is 0. The molecule has 0 aliphatic carbocycles. The van der Waals surface area contributed by atoms with Crippen LogP contribution in [0.15, 0.2) is 59.0 Å². The number of carboxylic acids is 1. The lowest BCUT2D eigenvalue weighted by atomic mass is 10.1. The van der Waals surface area contributed by atoms with E-state index >= 15 is 0 Å². The van der Waals surface area contributed by atoms with Crippen molar-refractivity contribution >= 4 is 28.5 Å². The summed E-state index contributed by atoms with van der Waals surface area (Å²) in [6.45, 7) is 0. The van der Waals surface area contributed by atoms with E-state index in [1.807, 2.05) is 0 Å². The molecule has 0 spiro atoms. The van der Waals surface area contributed by atoms with Crippen molar-refractivity contribution in [3.8, 4) is 0 Å². The van der Waals surface area contributed by atoms with Crippen LogP contribution in [0.25, 0.3) is 11.0 Å². The average molecular weight is 341 g/mol. The molecule has 4 N–H and O–H groups in total. The van der Waals surface area contributed by atoms with Gasteiger partial charge in [0.2, 0.25) is 0 Å². The van der Waals surface area contributed by atoms with Gasteiger partial charge in [0.1, 0.15) is 11.5 Å². The zero-order valence-corrected chi connectivity index (χ0v) is 12.7. The first-order valence-electron chi connectivity index (χ1n) is 7.16. The van der Waals surface area contributed by atoms with Gasteiger partial charge < -0.3 is 20.4 Å². The van der Waals surface area contributed by atoms with E-state index in [0.717, 1.165) is 18.2 Å². The second-order valence-corrected chi connectivity index (χ2v) is 5.20. The third-order valence-corrected chi connectivity index (χ3v) is 3.43. The number of fused-ring (bicyclic) bond motifs is 1.